The van der Waals surface area contributed by atoms with Crippen LogP contribution in [-0.4, -0.2) is 23.0 Å². The number of rotatable bonds is 3. The Bertz CT molecular complexity index is 269. The molecule has 0 saturated carbocycles. The van der Waals surface area contributed by atoms with Crippen molar-refractivity contribution in [1.82, 2.24) is 15.3 Å². The van der Waals surface area contributed by atoms with Crippen LogP contribution in [-0.2, 0) is 11.3 Å². The fourth-order valence-electron chi connectivity index (χ4n) is 0.824. The van der Waals surface area contributed by atoms with Gasteiger partial charge in [-0.3, -0.25) is 4.79 Å². The van der Waals surface area contributed by atoms with Gasteiger partial charge in [-0.15, -0.1) is 0 Å². The molecule has 1 amide bonds. The van der Waals surface area contributed by atoms with Gasteiger partial charge in [0.2, 0.25) is 11.8 Å². The molecule has 0 aliphatic rings. The zero-order chi connectivity index (χ0) is 8.97. The number of imidazole rings is 1. The minimum Gasteiger partial charge on any atom is -0.480 e. The lowest BCUT2D eigenvalue weighted by atomic mass is 10.4. The molecular weight excluding hydrogens is 158 g/mol. The summed E-state index contributed by atoms with van der Waals surface area (Å²) in [7, 11) is 1.54. The predicted molar refractivity (Wildman–Crippen MR) is 42.7 cm³/mol. The van der Waals surface area contributed by atoms with Crippen molar-refractivity contribution in [3.63, 3.8) is 0 Å². The van der Waals surface area contributed by atoms with Gasteiger partial charge in [0.25, 0.3) is 0 Å². The second-order valence-electron chi connectivity index (χ2n) is 2.30. The van der Waals surface area contributed by atoms with Crippen molar-refractivity contribution in [3.05, 3.63) is 12.0 Å². The number of H-pyrrole nitrogens is 1. The Morgan fingerprint density at radius 2 is 2.58 bits per heavy atom. The summed E-state index contributed by atoms with van der Waals surface area (Å²) < 4.78 is 4.92. The van der Waals surface area contributed by atoms with Crippen LogP contribution < -0.4 is 10.1 Å². The highest BCUT2D eigenvalue weighted by atomic mass is 16.5. The average Bonchev–Trinajstić information content (AvgIpc) is 2.47. The molecular formula is C7H11N3O2. The molecule has 1 heterocycles. The average molecular weight is 169 g/mol. The second kappa shape index (κ2) is 3.75. The molecule has 0 atom stereocenters. The van der Waals surface area contributed by atoms with Crippen LogP contribution in [0.15, 0.2) is 6.33 Å². The molecule has 0 saturated heterocycles. The molecule has 0 unspecified atom stereocenters. The zero-order valence-electron chi connectivity index (χ0n) is 7.05. The molecule has 1 rings (SSSR count). The van der Waals surface area contributed by atoms with Crippen LogP contribution in [0.2, 0.25) is 0 Å². The van der Waals surface area contributed by atoms with Gasteiger partial charge in [-0.1, -0.05) is 0 Å². The number of carbonyl (C=O) groups excluding carboxylic acids is 1. The Morgan fingerprint density at radius 1 is 1.83 bits per heavy atom. The lowest BCUT2D eigenvalue weighted by Gasteiger charge is -2.01. The Hall–Kier alpha value is -1.52. The third kappa shape index (κ3) is 1.98. The first-order valence-electron chi connectivity index (χ1n) is 3.54. The minimum absolute atomic E-state index is 0.0772. The number of methoxy groups -OCH3 is 1. The molecule has 0 aliphatic carbocycles. The molecule has 0 radical (unpaired) electrons. The highest BCUT2D eigenvalue weighted by Crippen LogP contribution is 2.10. The van der Waals surface area contributed by atoms with E-state index in [0.29, 0.717) is 12.4 Å². The number of carbonyl (C=O) groups is 1. The molecule has 0 fully saturated rings. The zero-order valence-corrected chi connectivity index (χ0v) is 7.05. The van der Waals surface area contributed by atoms with Crippen LogP contribution >= 0.6 is 0 Å². The number of hydrogen-bond acceptors (Lipinski definition) is 3. The van der Waals surface area contributed by atoms with Crippen molar-refractivity contribution in [2.24, 2.45) is 0 Å². The van der Waals surface area contributed by atoms with Crippen molar-refractivity contribution in [2.45, 2.75) is 13.5 Å². The number of nitrogens with zero attached hydrogens (tertiary/aromatic N) is 1. The minimum atomic E-state index is -0.0772. The van der Waals surface area contributed by atoms with E-state index in [1.807, 2.05) is 0 Å². The number of ether oxygens (including phenoxy) is 1. The van der Waals surface area contributed by atoms with Gasteiger partial charge in [0.05, 0.1) is 25.7 Å². The van der Waals surface area contributed by atoms with E-state index in [1.54, 1.807) is 0 Å². The van der Waals surface area contributed by atoms with Crippen LogP contribution in [0.3, 0.4) is 0 Å². The van der Waals surface area contributed by atoms with Crippen molar-refractivity contribution in [2.75, 3.05) is 7.11 Å². The quantitative estimate of drug-likeness (QED) is 0.672. The Kier molecular flexibility index (Phi) is 2.68. The molecule has 0 spiro atoms. The van der Waals surface area contributed by atoms with E-state index in [2.05, 4.69) is 15.3 Å². The van der Waals surface area contributed by atoms with Crippen LogP contribution in [0, 0.1) is 0 Å². The van der Waals surface area contributed by atoms with Crippen molar-refractivity contribution < 1.29 is 9.53 Å². The number of amides is 1. The van der Waals surface area contributed by atoms with Gasteiger partial charge in [0.15, 0.2) is 0 Å². The highest BCUT2D eigenvalue weighted by Gasteiger charge is 2.04. The van der Waals surface area contributed by atoms with E-state index in [4.69, 9.17) is 4.74 Å². The first kappa shape index (κ1) is 8.58. The number of aromatic amines is 1. The molecule has 1 aromatic rings. The third-order valence-electron chi connectivity index (χ3n) is 1.39. The second-order valence-corrected chi connectivity index (χ2v) is 2.30. The van der Waals surface area contributed by atoms with Crippen molar-refractivity contribution in [3.8, 4) is 5.88 Å². The molecule has 1 aromatic heterocycles. The summed E-state index contributed by atoms with van der Waals surface area (Å²) in [6, 6.07) is 0. The Morgan fingerprint density at radius 3 is 3.17 bits per heavy atom. The lowest BCUT2D eigenvalue weighted by Crippen LogP contribution is -2.19. The molecule has 2 N–H and O–H groups in total. The van der Waals surface area contributed by atoms with Crippen LogP contribution in [0.5, 0.6) is 5.88 Å². The van der Waals surface area contributed by atoms with Gasteiger partial charge >= 0.3 is 0 Å². The third-order valence-corrected chi connectivity index (χ3v) is 1.39. The molecule has 5 nitrogen and oxygen atoms in total. The summed E-state index contributed by atoms with van der Waals surface area (Å²) in [6.07, 6.45) is 1.52. The first-order chi connectivity index (χ1) is 5.74. The fourth-order valence-corrected chi connectivity index (χ4v) is 0.824. The maximum absolute atomic E-state index is 10.6. The van der Waals surface area contributed by atoms with Gasteiger partial charge in [-0.05, 0) is 0 Å². The standard InChI is InChI=1S/C7H11N3O2/c1-5(11)8-3-6-7(12-2)10-4-9-6/h4H,3H2,1-2H3,(H,8,11)(H,9,10). The van der Waals surface area contributed by atoms with Gasteiger partial charge in [0, 0.05) is 6.92 Å². The summed E-state index contributed by atoms with van der Waals surface area (Å²) >= 11 is 0. The highest BCUT2D eigenvalue weighted by molar-refractivity contribution is 5.72. The summed E-state index contributed by atoms with van der Waals surface area (Å²) in [5.74, 6) is 0.440. The van der Waals surface area contributed by atoms with Gasteiger partial charge < -0.3 is 15.0 Å². The summed E-state index contributed by atoms with van der Waals surface area (Å²) in [6.45, 7) is 1.88. The predicted octanol–water partition coefficient (Wildman–Crippen LogP) is 0.0544. The molecule has 5 heteroatoms. The van der Waals surface area contributed by atoms with E-state index in [0.717, 1.165) is 5.69 Å². The molecule has 0 aliphatic heterocycles. The normalized spacial score (nSPS) is 9.50. The van der Waals surface area contributed by atoms with Crippen LogP contribution in [0.1, 0.15) is 12.6 Å². The monoisotopic (exact) mass is 169 g/mol. The van der Waals surface area contributed by atoms with Gasteiger partial charge in [0.1, 0.15) is 0 Å². The van der Waals surface area contributed by atoms with E-state index in [-0.39, 0.29) is 5.91 Å². The van der Waals surface area contributed by atoms with Crippen molar-refractivity contribution >= 4 is 5.91 Å². The van der Waals surface area contributed by atoms with E-state index in [9.17, 15) is 4.79 Å². The van der Waals surface area contributed by atoms with Gasteiger partial charge in [-0.2, -0.15) is 0 Å². The van der Waals surface area contributed by atoms with Gasteiger partial charge in [-0.25, -0.2) is 4.98 Å². The number of hydrogen-bond donors (Lipinski definition) is 2. The number of aromatic nitrogens is 2. The maximum Gasteiger partial charge on any atom is 0.236 e. The lowest BCUT2D eigenvalue weighted by molar-refractivity contribution is -0.119. The van der Waals surface area contributed by atoms with Crippen LogP contribution in [0.4, 0.5) is 0 Å². The first-order valence-corrected chi connectivity index (χ1v) is 3.54. The molecule has 0 aromatic carbocycles. The van der Waals surface area contributed by atoms with Crippen molar-refractivity contribution in [1.29, 1.82) is 0 Å². The largest absolute Gasteiger partial charge is 0.480 e. The van der Waals surface area contributed by atoms with E-state index < -0.39 is 0 Å². The summed E-state index contributed by atoms with van der Waals surface area (Å²) in [4.78, 5) is 17.3. The summed E-state index contributed by atoms with van der Waals surface area (Å²) in [5.41, 5.74) is 0.771. The summed E-state index contributed by atoms with van der Waals surface area (Å²) in [5, 5.41) is 2.63. The topological polar surface area (TPSA) is 67.0 Å². The SMILES string of the molecule is COc1nc[nH]c1CNC(C)=O. The fraction of sp³-hybridized carbons (Fsp3) is 0.429. The molecule has 0 bridgehead atoms. The Balaban J connectivity index is 2.56. The van der Waals surface area contributed by atoms with E-state index in [1.165, 1.54) is 20.4 Å². The number of nitrogens with one attached hydrogen (secondary N) is 2. The molecule has 66 valence electrons. The Labute approximate surface area is 70.1 Å². The maximum atomic E-state index is 10.6. The van der Waals surface area contributed by atoms with E-state index >= 15 is 0 Å². The molecule has 12 heavy (non-hydrogen) atoms. The van der Waals surface area contributed by atoms with Crippen LogP contribution in [0.25, 0.3) is 0 Å². The smallest absolute Gasteiger partial charge is 0.236 e.